The van der Waals surface area contributed by atoms with Gasteiger partial charge in [0.15, 0.2) is 49.6 Å². The summed E-state index contributed by atoms with van der Waals surface area (Å²) in [6.07, 6.45) is -21.2. The lowest BCUT2D eigenvalue weighted by Crippen LogP contribution is -2.62. The normalized spacial score (nSPS) is 32.8. The number of hydrogen-bond acceptors (Lipinski definition) is 26. The number of aliphatic hydroxyl groups excluding tert-OH is 2. The summed E-state index contributed by atoms with van der Waals surface area (Å²) in [5.41, 5.74) is 35.9. The molecular formula is C38H52N12O24. The monoisotopic (exact) mass is 1060 g/mol. The van der Waals surface area contributed by atoms with E-state index in [4.69, 9.17) is 73.4 Å². The summed E-state index contributed by atoms with van der Waals surface area (Å²) in [5, 5.41) is 53.4. The number of rotatable bonds is 22. The molecule has 0 saturated carbocycles. The zero-order chi connectivity index (χ0) is 55.4. The molecule has 0 spiro atoms. The van der Waals surface area contributed by atoms with Gasteiger partial charge in [0, 0.05) is 67.6 Å². The molecule has 4 aliphatic heterocycles. The van der Waals surface area contributed by atoms with Crippen LogP contribution in [0.4, 0.5) is 0 Å². The summed E-state index contributed by atoms with van der Waals surface area (Å²) in [6, 6.07) is -2.91. The molecule has 4 aliphatic rings. The van der Waals surface area contributed by atoms with E-state index in [1.165, 1.54) is 0 Å². The molecule has 0 aromatic rings. The standard InChI is InChI=1S/2C19H26N6O12/c1-7(26)31-6-12-15(17(18(30)35-12)34-10(4)29)37-19-13(23-25-21)16(33-9(3)28)14(32-8(2)27)11(36-19)5-22-24-20;1-7(26)33-6-12-16(17(18(32)35-12)34-8(2)27)37-19-15(23-25-21)10(4-14(30)31)9(3-13(28)29)11(36-19)5-22-24-20/h11-19,30H,5-6H2,1-4H3;9-12,15-19,32H,3-6H2,1-2H3,(H,28,29)(H,30,31)/t11-,12+,13+,14+,15+,16+,17+,18?,19+;9-,10-,11-,12-,15-,16-,17-,18?,19-/m01/s1. The van der Waals surface area contributed by atoms with Crippen molar-refractivity contribution in [1.29, 1.82) is 0 Å². The third-order valence-corrected chi connectivity index (χ3v) is 10.8. The second-order valence-electron chi connectivity index (χ2n) is 16.1. The van der Waals surface area contributed by atoms with Gasteiger partial charge in [-0.3, -0.25) is 38.4 Å². The highest BCUT2D eigenvalue weighted by atomic mass is 16.8. The van der Waals surface area contributed by atoms with E-state index >= 15 is 0 Å². The third-order valence-electron chi connectivity index (χ3n) is 10.8. The molecule has 0 radical (unpaired) electrons. The fraction of sp³-hybridized carbons (Fsp3) is 0.789. The minimum absolute atomic E-state index is 0.415. The van der Waals surface area contributed by atoms with Crippen molar-refractivity contribution in [2.24, 2.45) is 32.3 Å². The average molecular weight is 1060 g/mol. The molecule has 0 bridgehead atoms. The summed E-state index contributed by atoms with van der Waals surface area (Å²) in [4.78, 5) is 103. The molecule has 4 rings (SSSR count). The van der Waals surface area contributed by atoms with Gasteiger partial charge in [-0.2, -0.15) is 0 Å². The predicted molar refractivity (Wildman–Crippen MR) is 230 cm³/mol. The van der Waals surface area contributed by atoms with E-state index in [1.54, 1.807) is 0 Å². The minimum Gasteiger partial charge on any atom is -0.481 e. The molecule has 408 valence electrons. The molecule has 0 amide bonds. The van der Waals surface area contributed by atoms with Gasteiger partial charge in [0.05, 0.1) is 31.7 Å². The number of nitrogens with zero attached hydrogens (tertiary/aromatic N) is 12. The Hall–Kier alpha value is -7.32. The van der Waals surface area contributed by atoms with Gasteiger partial charge in [0.25, 0.3) is 0 Å². The first-order chi connectivity index (χ1) is 35.0. The van der Waals surface area contributed by atoms with Gasteiger partial charge in [0.1, 0.15) is 49.8 Å². The number of carboxylic acids is 2. The van der Waals surface area contributed by atoms with Gasteiger partial charge in [0.2, 0.25) is 0 Å². The largest absolute Gasteiger partial charge is 0.481 e. The van der Waals surface area contributed by atoms with Crippen LogP contribution in [0.25, 0.3) is 41.8 Å². The maximum atomic E-state index is 11.9. The van der Waals surface area contributed by atoms with Crippen molar-refractivity contribution >= 4 is 47.8 Å². The van der Waals surface area contributed by atoms with Crippen LogP contribution in [-0.4, -0.2) is 193 Å². The number of azide groups is 4. The van der Waals surface area contributed by atoms with Crippen LogP contribution in [0.15, 0.2) is 20.5 Å². The van der Waals surface area contributed by atoms with E-state index in [0.717, 1.165) is 41.5 Å². The number of aliphatic carboxylic acids is 2. The highest BCUT2D eigenvalue weighted by Gasteiger charge is 2.56. The first-order valence-corrected chi connectivity index (χ1v) is 21.7. The van der Waals surface area contributed by atoms with Crippen LogP contribution in [0.1, 0.15) is 54.4 Å². The van der Waals surface area contributed by atoms with E-state index in [9.17, 15) is 64.3 Å². The van der Waals surface area contributed by atoms with E-state index in [2.05, 4.69) is 40.1 Å². The van der Waals surface area contributed by atoms with Crippen LogP contribution in [0.5, 0.6) is 0 Å². The Balaban J connectivity index is 0.000000390. The molecule has 4 saturated heterocycles. The lowest BCUT2D eigenvalue weighted by molar-refractivity contribution is -0.285. The third kappa shape index (κ3) is 18.0. The zero-order valence-corrected chi connectivity index (χ0v) is 40.0. The van der Waals surface area contributed by atoms with E-state index in [0.29, 0.717) is 0 Å². The van der Waals surface area contributed by atoms with Crippen molar-refractivity contribution < 1.29 is 116 Å². The van der Waals surface area contributed by atoms with Crippen LogP contribution in [0, 0.1) is 11.8 Å². The number of carboxylic acid groups (broad SMARTS) is 2. The fourth-order valence-electron chi connectivity index (χ4n) is 8.12. The van der Waals surface area contributed by atoms with E-state index < -0.39 is 197 Å². The number of aliphatic hydroxyl groups is 2. The summed E-state index contributed by atoms with van der Waals surface area (Å²) in [7, 11) is 0. The molecule has 18 atom stereocenters. The van der Waals surface area contributed by atoms with Gasteiger partial charge < -0.3 is 77.3 Å². The molecule has 4 heterocycles. The maximum Gasteiger partial charge on any atom is 0.303 e. The predicted octanol–water partition coefficient (Wildman–Crippen LogP) is 0.641. The lowest BCUT2D eigenvalue weighted by Gasteiger charge is -2.45. The molecule has 74 heavy (non-hydrogen) atoms. The highest BCUT2D eigenvalue weighted by molar-refractivity contribution is 5.70. The molecule has 2 unspecified atom stereocenters. The number of ether oxygens (including phenoxy) is 12. The van der Waals surface area contributed by atoms with E-state index in [-0.39, 0.29) is 0 Å². The van der Waals surface area contributed by atoms with Gasteiger partial charge in [-0.05, 0) is 34.0 Å². The molecule has 0 aromatic heterocycles. The van der Waals surface area contributed by atoms with Crippen molar-refractivity contribution in [2.75, 3.05) is 26.3 Å². The maximum absolute atomic E-state index is 11.9. The Bertz CT molecular complexity index is 2090. The Labute approximate surface area is 416 Å². The summed E-state index contributed by atoms with van der Waals surface area (Å²) < 4.78 is 64.6. The molecule has 0 aromatic carbocycles. The van der Waals surface area contributed by atoms with Crippen LogP contribution in [0.2, 0.25) is 0 Å². The minimum atomic E-state index is -1.72. The first kappa shape index (κ1) is 61.0. The number of esters is 6. The summed E-state index contributed by atoms with van der Waals surface area (Å²) >= 11 is 0. The smallest absolute Gasteiger partial charge is 0.303 e. The van der Waals surface area contributed by atoms with Crippen molar-refractivity contribution in [3.8, 4) is 0 Å². The van der Waals surface area contributed by atoms with Crippen molar-refractivity contribution in [2.45, 2.75) is 153 Å². The van der Waals surface area contributed by atoms with Crippen molar-refractivity contribution in [3.63, 3.8) is 0 Å². The van der Waals surface area contributed by atoms with E-state index in [1.807, 2.05) is 0 Å². The van der Waals surface area contributed by atoms with Crippen LogP contribution < -0.4 is 0 Å². The summed E-state index contributed by atoms with van der Waals surface area (Å²) in [5.74, 6) is -9.52. The Morgan fingerprint density at radius 3 is 1.24 bits per heavy atom. The van der Waals surface area contributed by atoms with Crippen LogP contribution in [-0.2, 0) is 95.2 Å². The molecule has 36 heteroatoms. The average Bonchev–Trinajstić information content (AvgIpc) is 3.75. The molecular weight excluding hydrogens is 1010 g/mol. The first-order valence-electron chi connectivity index (χ1n) is 21.7. The van der Waals surface area contributed by atoms with Crippen molar-refractivity contribution in [3.05, 3.63) is 41.8 Å². The van der Waals surface area contributed by atoms with Crippen LogP contribution >= 0.6 is 0 Å². The number of hydrogen-bond donors (Lipinski definition) is 4. The lowest BCUT2D eigenvalue weighted by atomic mass is 9.76. The fourth-order valence-corrected chi connectivity index (χ4v) is 8.12. The second kappa shape index (κ2) is 29.4. The molecule has 0 aliphatic carbocycles. The summed E-state index contributed by atoms with van der Waals surface area (Å²) in [6.45, 7) is 4.77. The number of carbonyl (C=O) groups excluding carboxylic acids is 6. The van der Waals surface area contributed by atoms with Gasteiger partial charge in [-0.1, -0.05) is 20.5 Å². The van der Waals surface area contributed by atoms with Crippen LogP contribution in [0.3, 0.4) is 0 Å². The topological polar surface area (TPSA) is 523 Å². The molecule has 4 fully saturated rings. The second-order valence-corrected chi connectivity index (χ2v) is 16.1. The van der Waals surface area contributed by atoms with Gasteiger partial charge in [-0.25, -0.2) is 0 Å². The van der Waals surface area contributed by atoms with Crippen molar-refractivity contribution in [1.82, 2.24) is 0 Å². The Morgan fingerprint density at radius 2 is 0.838 bits per heavy atom. The van der Waals surface area contributed by atoms with Gasteiger partial charge >= 0.3 is 47.8 Å². The SMILES string of the molecule is CC(=O)OC[C@H]1OC(O)[C@H](OC(C)=O)[C@@H]1O[C@H]1O[C@@H](CN=[N+]=[N-])[C@@H](OC(C)=O)[C@H](OC(C)=O)[C@H]1N=[N+]=[N-].CC(=O)OC[C@H]1OC(O)[C@H](OC(C)=O)[C@@H]1O[C@H]1O[C@H](CN=[N+]=[N-])[C@H](CC(=O)O)[C@@H](CC(=O)O)[C@H]1N=[N+]=[N-]. The zero-order valence-electron chi connectivity index (χ0n) is 40.0. The molecule has 4 N–H and O–H groups in total. The highest BCUT2D eigenvalue weighted by Crippen LogP contribution is 2.41. The Kier molecular flexibility index (Phi) is 24.2. The number of carbonyl (C=O) groups is 8. The quantitative estimate of drug-likeness (QED) is 0.0380. The van der Waals surface area contributed by atoms with Gasteiger partial charge in [-0.15, -0.1) is 0 Å². The Morgan fingerprint density at radius 1 is 0.459 bits per heavy atom. The molecule has 36 nitrogen and oxygen atoms in total.